The highest BCUT2D eigenvalue weighted by atomic mass is 32.2. The average molecular weight is 474 g/mol. The van der Waals surface area contributed by atoms with Crippen molar-refractivity contribution in [2.24, 2.45) is 22.2 Å². The van der Waals surface area contributed by atoms with E-state index in [2.05, 4.69) is 15.6 Å². The predicted molar refractivity (Wildman–Crippen MR) is 123 cm³/mol. The number of carbonyl (C=O) groups excluding carboxylic acids is 3. The minimum Gasteiger partial charge on any atom is -0.480 e. The lowest BCUT2D eigenvalue weighted by atomic mass is 10.1. The third-order valence-corrected chi connectivity index (χ3v) is 5.74. The van der Waals surface area contributed by atoms with Crippen molar-refractivity contribution < 1.29 is 24.3 Å². The number of aliphatic imine (C=N–C) groups is 1. The zero-order chi connectivity index (χ0) is 24.3. The maximum Gasteiger partial charge on any atom is 0.326 e. The van der Waals surface area contributed by atoms with Gasteiger partial charge in [0.05, 0.1) is 6.04 Å². The van der Waals surface area contributed by atoms with Gasteiger partial charge in [-0.25, -0.2) is 4.79 Å². The number of guanidine groups is 1. The lowest BCUT2D eigenvalue weighted by Crippen LogP contribution is -2.56. The van der Waals surface area contributed by atoms with E-state index in [0.29, 0.717) is 50.9 Å². The molecule has 182 valence electrons. The molecule has 1 fully saturated rings. The number of rotatable bonds is 13. The van der Waals surface area contributed by atoms with Crippen molar-refractivity contribution in [1.29, 1.82) is 0 Å². The van der Waals surface area contributed by atoms with Gasteiger partial charge in [-0.05, 0) is 51.0 Å². The first-order chi connectivity index (χ1) is 15.1. The molecule has 12 nitrogen and oxygen atoms in total. The average Bonchev–Trinajstić information content (AvgIpc) is 3.23. The van der Waals surface area contributed by atoms with E-state index in [0.717, 1.165) is 0 Å². The van der Waals surface area contributed by atoms with Gasteiger partial charge in [-0.15, -0.1) is 0 Å². The largest absolute Gasteiger partial charge is 0.480 e. The highest BCUT2D eigenvalue weighted by Crippen LogP contribution is 2.18. The Morgan fingerprint density at radius 3 is 2.47 bits per heavy atom. The van der Waals surface area contributed by atoms with Crippen LogP contribution >= 0.6 is 11.8 Å². The van der Waals surface area contributed by atoms with Crippen LogP contribution in [0.4, 0.5) is 0 Å². The van der Waals surface area contributed by atoms with Crippen LogP contribution in [-0.2, 0) is 19.2 Å². The van der Waals surface area contributed by atoms with Crippen molar-refractivity contribution in [3.8, 4) is 0 Å². The number of likely N-dealkylation sites (tertiary alicyclic amines) is 1. The van der Waals surface area contributed by atoms with Crippen molar-refractivity contribution in [1.82, 2.24) is 15.5 Å². The smallest absolute Gasteiger partial charge is 0.326 e. The van der Waals surface area contributed by atoms with Gasteiger partial charge >= 0.3 is 5.97 Å². The third-order valence-electron chi connectivity index (χ3n) is 5.10. The number of thioether (sulfide) groups is 1. The maximum atomic E-state index is 12.8. The van der Waals surface area contributed by atoms with Crippen molar-refractivity contribution >= 4 is 41.4 Å². The lowest BCUT2D eigenvalue weighted by molar-refractivity contribution is -0.149. The van der Waals surface area contributed by atoms with Crippen LogP contribution < -0.4 is 27.8 Å². The number of nitrogens with one attached hydrogen (secondary N) is 2. The summed E-state index contributed by atoms with van der Waals surface area (Å²) in [6.07, 6.45) is 4.03. The Kier molecular flexibility index (Phi) is 11.8. The summed E-state index contributed by atoms with van der Waals surface area (Å²) in [5.74, 6) is -1.97. The van der Waals surface area contributed by atoms with Gasteiger partial charge in [-0.1, -0.05) is 0 Å². The number of amides is 3. The van der Waals surface area contributed by atoms with Crippen LogP contribution in [0.1, 0.15) is 39.0 Å². The van der Waals surface area contributed by atoms with E-state index in [1.54, 1.807) is 0 Å². The molecule has 0 spiro atoms. The van der Waals surface area contributed by atoms with E-state index < -0.39 is 47.9 Å². The molecule has 13 heteroatoms. The van der Waals surface area contributed by atoms with Gasteiger partial charge in [-0.2, -0.15) is 11.8 Å². The van der Waals surface area contributed by atoms with Gasteiger partial charge in [-0.3, -0.25) is 19.4 Å². The van der Waals surface area contributed by atoms with E-state index in [4.69, 9.17) is 17.2 Å². The fraction of sp³-hybridized carbons (Fsp3) is 0.737. The van der Waals surface area contributed by atoms with Crippen LogP contribution in [0.25, 0.3) is 0 Å². The molecule has 9 N–H and O–H groups in total. The van der Waals surface area contributed by atoms with E-state index in [9.17, 15) is 24.3 Å². The van der Waals surface area contributed by atoms with Gasteiger partial charge in [0.2, 0.25) is 17.7 Å². The number of nitrogens with two attached hydrogens (primary N) is 3. The van der Waals surface area contributed by atoms with Gasteiger partial charge in [0, 0.05) is 13.1 Å². The van der Waals surface area contributed by atoms with Crippen molar-refractivity contribution in [2.45, 2.75) is 63.2 Å². The van der Waals surface area contributed by atoms with Crippen LogP contribution in [0.2, 0.25) is 0 Å². The minimum atomic E-state index is -1.06. The topological polar surface area (TPSA) is 206 Å². The summed E-state index contributed by atoms with van der Waals surface area (Å²) in [5.41, 5.74) is 16.4. The number of aliphatic carboxylic acids is 1. The molecule has 0 aliphatic carbocycles. The fourth-order valence-corrected chi connectivity index (χ4v) is 3.82. The SMILES string of the molecule is CSCCC(NC(=O)C(N)CCCN=C(N)N)C(=O)NC(C)C(=O)N1CCCC1C(=O)O. The molecule has 1 rings (SSSR count). The summed E-state index contributed by atoms with van der Waals surface area (Å²) in [6.45, 7) is 2.17. The van der Waals surface area contributed by atoms with Gasteiger partial charge in [0.25, 0.3) is 0 Å². The zero-order valence-corrected chi connectivity index (χ0v) is 19.4. The van der Waals surface area contributed by atoms with Crippen molar-refractivity contribution in [2.75, 3.05) is 25.1 Å². The number of nitrogens with zero attached hydrogens (tertiary/aromatic N) is 2. The molecule has 4 unspecified atom stereocenters. The highest BCUT2D eigenvalue weighted by molar-refractivity contribution is 7.98. The molecule has 0 bridgehead atoms. The number of hydrogen-bond donors (Lipinski definition) is 6. The molecule has 0 aromatic heterocycles. The Bertz CT molecular complexity index is 702. The standard InChI is InChI=1S/C19H35N7O5S/c1-11(17(29)26-9-4-6-14(26)18(30)31)24-16(28)13(7-10-32-2)25-15(27)12(20)5-3-8-23-19(21)22/h11-14H,3-10,20H2,1-2H3,(H,24,28)(H,25,27)(H,30,31)(H4,21,22,23). The van der Waals surface area contributed by atoms with E-state index in [1.807, 2.05) is 6.26 Å². The summed E-state index contributed by atoms with van der Waals surface area (Å²) in [5, 5.41) is 14.5. The second-order valence-corrected chi connectivity index (χ2v) is 8.64. The highest BCUT2D eigenvalue weighted by Gasteiger charge is 2.36. The quantitative estimate of drug-likeness (QED) is 0.101. The molecule has 32 heavy (non-hydrogen) atoms. The molecule has 1 aliphatic heterocycles. The second-order valence-electron chi connectivity index (χ2n) is 7.66. The van der Waals surface area contributed by atoms with Gasteiger partial charge in [0.1, 0.15) is 18.1 Å². The molecule has 1 saturated heterocycles. The number of carboxylic acid groups (broad SMARTS) is 1. The van der Waals surface area contributed by atoms with E-state index >= 15 is 0 Å². The number of carbonyl (C=O) groups is 4. The minimum absolute atomic E-state index is 0.0379. The number of hydrogen-bond acceptors (Lipinski definition) is 7. The normalized spacial score (nSPS) is 18.3. The summed E-state index contributed by atoms with van der Waals surface area (Å²) in [6, 6.07) is -3.52. The second kappa shape index (κ2) is 13.8. The molecular weight excluding hydrogens is 438 g/mol. The first-order valence-corrected chi connectivity index (χ1v) is 11.9. The molecule has 0 radical (unpaired) electrons. The van der Waals surface area contributed by atoms with Crippen LogP contribution in [0, 0.1) is 0 Å². The Labute approximate surface area is 192 Å². The molecule has 1 heterocycles. The molecule has 4 atom stereocenters. The molecule has 0 aromatic carbocycles. The first-order valence-electron chi connectivity index (χ1n) is 10.5. The summed E-state index contributed by atoms with van der Waals surface area (Å²) >= 11 is 1.51. The van der Waals surface area contributed by atoms with Crippen LogP contribution in [0.15, 0.2) is 4.99 Å². The summed E-state index contributed by atoms with van der Waals surface area (Å²) in [4.78, 5) is 54.3. The Morgan fingerprint density at radius 1 is 1.19 bits per heavy atom. The van der Waals surface area contributed by atoms with Gasteiger partial charge < -0.3 is 37.8 Å². The Hall–Kier alpha value is -2.54. The molecular formula is C19H35N7O5S. The molecule has 0 saturated carbocycles. The predicted octanol–water partition coefficient (Wildman–Crippen LogP) is -1.81. The van der Waals surface area contributed by atoms with Crippen LogP contribution in [0.5, 0.6) is 0 Å². The summed E-state index contributed by atoms with van der Waals surface area (Å²) < 4.78 is 0. The molecule has 0 aromatic rings. The van der Waals surface area contributed by atoms with E-state index in [1.165, 1.54) is 23.6 Å². The van der Waals surface area contributed by atoms with Crippen LogP contribution in [0.3, 0.4) is 0 Å². The molecule has 3 amide bonds. The summed E-state index contributed by atoms with van der Waals surface area (Å²) in [7, 11) is 0. The number of carboxylic acids is 1. The Balaban J connectivity index is 2.68. The third kappa shape index (κ3) is 8.91. The zero-order valence-electron chi connectivity index (χ0n) is 18.6. The molecule has 1 aliphatic rings. The maximum absolute atomic E-state index is 12.8. The van der Waals surface area contributed by atoms with Crippen molar-refractivity contribution in [3.05, 3.63) is 0 Å². The lowest BCUT2D eigenvalue weighted by Gasteiger charge is -2.27. The van der Waals surface area contributed by atoms with E-state index in [-0.39, 0.29) is 5.96 Å². The first kappa shape index (κ1) is 27.5. The Morgan fingerprint density at radius 2 is 1.88 bits per heavy atom. The van der Waals surface area contributed by atoms with Gasteiger partial charge in [0.15, 0.2) is 5.96 Å². The monoisotopic (exact) mass is 473 g/mol. The van der Waals surface area contributed by atoms with Crippen LogP contribution in [-0.4, -0.2) is 88.9 Å². The van der Waals surface area contributed by atoms with Crippen molar-refractivity contribution in [3.63, 3.8) is 0 Å². The fourth-order valence-electron chi connectivity index (χ4n) is 3.35.